The number of aliphatic imine (C=N–C) groups is 1. The van der Waals surface area contributed by atoms with Crippen LogP contribution < -0.4 is 9.47 Å². The van der Waals surface area contributed by atoms with Crippen LogP contribution in [0.5, 0.6) is 11.5 Å². The fraction of sp³-hybridized carbons (Fsp3) is 0.120. The minimum atomic E-state index is -0.0833. The lowest BCUT2D eigenvalue weighted by Crippen LogP contribution is -1.99. The van der Waals surface area contributed by atoms with Crippen LogP contribution in [0.3, 0.4) is 0 Å². The van der Waals surface area contributed by atoms with E-state index in [1.807, 2.05) is 48.5 Å². The molecular formula is C25H20ClNO3S2. The smallest absolute Gasteiger partial charge is 0.244 e. The van der Waals surface area contributed by atoms with E-state index in [0.29, 0.717) is 28.8 Å². The molecule has 0 aliphatic carbocycles. The first-order valence-electron chi connectivity index (χ1n) is 9.86. The molecule has 1 aliphatic rings. The van der Waals surface area contributed by atoms with Crippen molar-refractivity contribution in [1.29, 1.82) is 0 Å². The van der Waals surface area contributed by atoms with Crippen molar-refractivity contribution in [2.45, 2.75) is 12.4 Å². The van der Waals surface area contributed by atoms with E-state index < -0.39 is 0 Å². The average molecular weight is 482 g/mol. The summed E-state index contributed by atoms with van der Waals surface area (Å²) in [6.07, 6.45) is 1.72. The van der Waals surface area contributed by atoms with Gasteiger partial charge in [0.25, 0.3) is 0 Å². The Kier molecular flexibility index (Phi) is 7.58. The van der Waals surface area contributed by atoms with Crippen molar-refractivity contribution >= 4 is 50.7 Å². The number of hydrogen-bond donors (Lipinski definition) is 0. The van der Waals surface area contributed by atoms with E-state index in [1.165, 1.54) is 5.56 Å². The van der Waals surface area contributed by atoms with E-state index in [4.69, 9.17) is 21.1 Å². The summed E-state index contributed by atoms with van der Waals surface area (Å²) in [5, 5.41) is 0.327. The van der Waals surface area contributed by atoms with Crippen molar-refractivity contribution in [2.75, 3.05) is 7.11 Å². The van der Waals surface area contributed by atoms with Crippen LogP contribution in [0, 0.1) is 0 Å². The molecule has 0 radical (unpaired) electrons. The Morgan fingerprint density at radius 2 is 1.72 bits per heavy atom. The summed E-state index contributed by atoms with van der Waals surface area (Å²) >= 11 is 9.19. The molecule has 7 heteroatoms. The number of nitrogens with zero attached hydrogens (tertiary/aromatic N) is 1. The van der Waals surface area contributed by atoms with E-state index in [9.17, 15) is 4.79 Å². The highest BCUT2D eigenvalue weighted by Gasteiger charge is 2.23. The molecule has 0 saturated carbocycles. The van der Waals surface area contributed by atoms with Gasteiger partial charge in [-0.2, -0.15) is 0 Å². The lowest BCUT2D eigenvalue weighted by atomic mass is 10.1. The minimum absolute atomic E-state index is 0.0833. The summed E-state index contributed by atoms with van der Waals surface area (Å²) in [5.74, 6) is 1.73. The first-order chi connectivity index (χ1) is 15.6. The molecular weight excluding hydrogens is 462 g/mol. The average Bonchev–Trinajstić information content (AvgIpc) is 3.17. The van der Waals surface area contributed by atoms with E-state index in [0.717, 1.165) is 33.0 Å². The topological polar surface area (TPSA) is 47.9 Å². The Bertz CT molecular complexity index is 1160. The Hall–Kier alpha value is -2.67. The van der Waals surface area contributed by atoms with Gasteiger partial charge in [0.15, 0.2) is 11.5 Å². The van der Waals surface area contributed by atoms with Crippen molar-refractivity contribution in [3.63, 3.8) is 0 Å². The van der Waals surface area contributed by atoms with Crippen molar-refractivity contribution in [1.82, 2.24) is 0 Å². The molecule has 0 amide bonds. The van der Waals surface area contributed by atoms with Gasteiger partial charge >= 0.3 is 0 Å². The number of carbonyl (C=O) groups is 1. The van der Waals surface area contributed by atoms with Crippen LogP contribution in [0.1, 0.15) is 16.7 Å². The lowest BCUT2D eigenvalue weighted by molar-refractivity contribution is -0.107. The van der Waals surface area contributed by atoms with Gasteiger partial charge in [0.2, 0.25) is 5.12 Å². The third-order valence-electron chi connectivity index (χ3n) is 4.59. The molecule has 0 bridgehead atoms. The fourth-order valence-corrected chi connectivity index (χ4v) is 5.09. The summed E-state index contributed by atoms with van der Waals surface area (Å²) in [6, 6.07) is 23.5. The first kappa shape index (κ1) is 22.5. The quantitative estimate of drug-likeness (QED) is 0.346. The summed E-state index contributed by atoms with van der Waals surface area (Å²) < 4.78 is 12.1. The lowest BCUT2D eigenvalue weighted by Gasteiger charge is -2.13. The standard InChI is InChI=1S/C25H20ClNO3S2/c1-29-22-14-19(12-20(26)23(22)30-15-17-8-4-2-5-9-17)13-21-24(28)32-25(27-21)31-16-18-10-6-3-7-11-18/h2-14H,15-16H2,1H3. The maximum atomic E-state index is 12.4. The van der Waals surface area contributed by atoms with Crippen molar-refractivity contribution in [3.8, 4) is 11.5 Å². The maximum absolute atomic E-state index is 12.4. The third kappa shape index (κ3) is 5.76. The highest BCUT2D eigenvalue weighted by Crippen LogP contribution is 2.39. The summed E-state index contributed by atoms with van der Waals surface area (Å²) in [6.45, 7) is 0.374. The van der Waals surface area contributed by atoms with Crippen LogP contribution >= 0.6 is 35.1 Å². The highest BCUT2D eigenvalue weighted by molar-refractivity contribution is 8.45. The molecule has 0 aromatic heterocycles. The molecule has 3 aromatic rings. The summed E-state index contributed by atoms with van der Waals surface area (Å²) in [4.78, 5) is 16.9. The van der Waals surface area contributed by atoms with Crippen molar-refractivity contribution in [3.05, 3.63) is 100 Å². The van der Waals surface area contributed by atoms with Crippen LogP contribution in [0.15, 0.2) is 83.5 Å². The number of carbonyl (C=O) groups excluding carboxylic acids is 1. The monoisotopic (exact) mass is 481 g/mol. The van der Waals surface area contributed by atoms with Crippen LogP contribution in [0.2, 0.25) is 5.02 Å². The van der Waals surface area contributed by atoms with Gasteiger partial charge in [-0.3, -0.25) is 4.79 Å². The first-order valence-corrected chi connectivity index (χ1v) is 12.0. The minimum Gasteiger partial charge on any atom is -0.493 e. The van der Waals surface area contributed by atoms with E-state index in [2.05, 4.69) is 17.1 Å². The second-order valence-electron chi connectivity index (χ2n) is 6.88. The molecule has 1 aliphatic heterocycles. The van der Waals surface area contributed by atoms with E-state index in [1.54, 1.807) is 37.1 Å². The van der Waals surface area contributed by atoms with Crippen LogP contribution in [-0.4, -0.2) is 16.6 Å². The van der Waals surface area contributed by atoms with Gasteiger partial charge in [0, 0.05) is 5.75 Å². The molecule has 3 aromatic carbocycles. The molecule has 162 valence electrons. The van der Waals surface area contributed by atoms with E-state index >= 15 is 0 Å². The van der Waals surface area contributed by atoms with Gasteiger partial charge in [-0.1, -0.05) is 84.0 Å². The number of halogens is 1. The molecule has 1 heterocycles. The Balaban J connectivity index is 1.49. The normalized spacial score (nSPS) is 14.5. The predicted molar refractivity (Wildman–Crippen MR) is 135 cm³/mol. The number of thioether (sulfide) groups is 2. The molecule has 0 unspecified atom stereocenters. The Morgan fingerprint density at radius 1 is 1.03 bits per heavy atom. The number of methoxy groups -OCH3 is 1. The summed E-state index contributed by atoms with van der Waals surface area (Å²) in [7, 11) is 1.56. The molecule has 0 saturated heterocycles. The molecule has 0 N–H and O–H groups in total. The van der Waals surface area contributed by atoms with Gasteiger partial charge < -0.3 is 9.47 Å². The maximum Gasteiger partial charge on any atom is 0.244 e. The molecule has 4 rings (SSSR count). The number of ether oxygens (including phenoxy) is 2. The zero-order valence-corrected chi connectivity index (χ0v) is 19.7. The number of rotatable bonds is 7. The molecule has 0 fully saturated rings. The van der Waals surface area contributed by atoms with E-state index in [-0.39, 0.29) is 5.12 Å². The zero-order chi connectivity index (χ0) is 22.3. The predicted octanol–water partition coefficient (Wildman–Crippen LogP) is 6.83. The SMILES string of the molecule is COc1cc(C=C2N=C(SCc3ccccc3)SC2=O)cc(Cl)c1OCc1ccccc1. The molecule has 4 nitrogen and oxygen atoms in total. The third-order valence-corrected chi connectivity index (χ3v) is 6.95. The number of hydrogen-bond acceptors (Lipinski definition) is 6. The largest absolute Gasteiger partial charge is 0.493 e. The van der Waals surface area contributed by atoms with Gasteiger partial charge in [-0.15, -0.1) is 0 Å². The fourth-order valence-electron chi connectivity index (χ4n) is 3.02. The van der Waals surface area contributed by atoms with Gasteiger partial charge in [-0.25, -0.2) is 4.99 Å². The van der Waals surface area contributed by atoms with Crippen molar-refractivity contribution in [2.24, 2.45) is 4.99 Å². The second-order valence-corrected chi connectivity index (χ2v) is 9.47. The van der Waals surface area contributed by atoms with Gasteiger partial charge in [0.05, 0.1) is 12.1 Å². The van der Waals surface area contributed by atoms with Crippen LogP contribution in [0.4, 0.5) is 0 Å². The van der Waals surface area contributed by atoms with Crippen molar-refractivity contribution < 1.29 is 14.3 Å². The van der Waals surface area contributed by atoms with Gasteiger partial charge in [-0.05, 0) is 46.7 Å². The van der Waals surface area contributed by atoms with Crippen LogP contribution in [0.25, 0.3) is 6.08 Å². The number of benzene rings is 3. The van der Waals surface area contributed by atoms with Crippen LogP contribution in [-0.2, 0) is 17.2 Å². The highest BCUT2D eigenvalue weighted by atomic mass is 35.5. The molecule has 32 heavy (non-hydrogen) atoms. The molecule has 0 atom stereocenters. The second kappa shape index (κ2) is 10.8. The Labute approximate surface area is 200 Å². The Morgan fingerprint density at radius 3 is 2.41 bits per heavy atom. The summed E-state index contributed by atoms with van der Waals surface area (Å²) in [5.41, 5.74) is 3.33. The van der Waals surface area contributed by atoms with Gasteiger partial charge in [0.1, 0.15) is 16.7 Å². The zero-order valence-electron chi connectivity index (χ0n) is 17.3. The molecule has 0 spiro atoms.